The second-order valence-electron chi connectivity index (χ2n) is 4.59. The first kappa shape index (κ1) is 18.2. The van der Waals surface area contributed by atoms with Crippen LogP contribution in [0.25, 0.3) is 0 Å². The van der Waals surface area contributed by atoms with Crippen LogP contribution >= 0.6 is 0 Å². The van der Waals surface area contributed by atoms with Crippen LogP contribution in [0.2, 0.25) is 0 Å². The second-order valence-corrected chi connectivity index (χ2v) is 6.09. The fourth-order valence-corrected chi connectivity index (χ4v) is 2.24. The van der Waals surface area contributed by atoms with Crippen molar-refractivity contribution in [1.82, 2.24) is 9.44 Å². The first-order valence-electron chi connectivity index (χ1n) is 6.14. The highest BCUT2D eigenvalue weighted by atomic mass is 32.2. The zero-order valence-electron chi connectivity index (χ0n) is 11.6. The summed E-state index contributed by atoms with van der Waals surface area (Å²) in [6, 6.07) is 4.59. The molecule has 0 atom stereocenters. The molecular weight excluding hydrogens is 325 g/mol. The van der Waals surface area contributed by atoms with Gasteiger partial charge in [-0.05, 0) is 30.5 Å². The molecule has 1 aromatic carbocycles. The molecule has 0 aliphatic carbocycles. The third-order valence-electron chi connectivity index (χ3n) is 2.64. The lowest BCUT2D eigenvalue weighted by Crippen LogP contribution is -2.24. The van der Waals surface area contributed by atoms with E-state index in [1.54, 1.807) is 23.8 Å². The van der Waals surface area contributed by atoms with Crippen LogP contribution in [0.15, 0.2) is 18.2 Å². The molecule has 6 nitrogen and oxygen atoms in total. The van der Waals surface area contributed by atoms with Gasteiger partial charge in [0.2, 0.25) is 5.91 Å². The van der Waals surface area contributed by atoms with Gasteiger partial charge in [0.15, 0.2) is 0 Å². The Morgan fingerprint density at radius 3 is 2.32 bits per heavy atom. The van der Waals surface area contributed by atoms with Crippen LogP contribution in [-0.4, -0.2) is 32.2 Å². The van der Waals surface area contributed by atoms with E-state index in [1.807, 2.05) is 4.72 Å². The van der Waals surface area contributed by atoms with E-state index in [0.29, 0.717) is 11.1 Å². The number of hydrogen-bond donors (Lipinski definition) is 3. The molecule has 10 heteroatoms. The van der Waals surface area contributed by atoms with Gasteiger partial charge in [-0.15, -0.1) is 0 Å². The lowest BCUT2D eigenvalue weighted by Gasteiger charge is -2.07. The summed E-state index contributed by atoms with van der Waals surface area (Å²) in [6.07, 6.45) is -5.08. The standard InChI is InChI=1S/C10H11F3O.C2H4N2O3S/c1-7-2-3-8(6-9(7)14)4-5-10(11,12)13;5-2-1-3-8(6,7)4-2/h2-3,6,14H,4-5H2,1H3;3H,1H2,(H,4,5). The van der Waals surface area contributed by atoms with E-state index in [4.69, 9.17) is 0 Å². The molecule has 0 radical (unpaired) electrons. The Balaban J connectivity index is 0.000000255. The smallest absolute Gasteiger partial charge is 0.389 e. The predicted molar refractivity (Wildman–Crippen MR) is 72.3 cm³/mol. The van der Waals surface area contributed by atoms with Crippen molar-refractivity contribution in [2.75, 3.05) is 6.54 Å². The van der Waals surface area contributed by atoms with Crippen LogP contribution in [0, 0.1) is 6.92 Å². The zero-order valence-corrected chi connectivity index (χ0v) is 12.4. The van der Waals surface area contributed by atoms with Crippen LogP contribution in [-0.2, 0) is 21.4 Å². The number of rotatable bonds is 2. The number of phenols is 1. The van der Waals surface area contributed by atoms with Gasteiger partial charge in [-0.2, -0.15) is 26.3 Å². The molecule has 1 saturated heterocycles. The van der Waals surface area contributed by atoms with Crippen molar-refractivity contribution in [1.29, 1.82) is 0 Å². The second kappa shape index (κ2) is 6.97. The fourth-order valence-electron chi connectivity index (χ4n) is 1.48. The monoisotopic (exact) mass is 340 g/mol. The molecule has 0 unspecified atom stereocenters. The highest BCUT2D eigenvalue weighted by Crippen LogP contribution is 2.24. The van der Waals surface area contributed by atoms with Gasteiger partial charge in [0.1, 0.15) is 5.75 Å². The number of aryl methyl sites for hydroxylation is 2. The van der Waals surface area contributed by atoms with Gasteiger partial charge in [0, 0.05) is 6.42 Å². The molecule has 22 heavy (non-hydrogen) atoms. The molecular formula is C12H15F3N2O4S. The average molecular weight is 340 g/mol. The number of hydrogen-bond acceptors (Lipinski definition) is 4. The van der Waals surface area contributed by atoms with E-state index in [9.17, 15) is 31.5 Å². The summed E-state index contributed by atoms with van der Waals surface area (Å²) >= 11 is 0. The van der Waals surface area contributed by atoms with Gasteiger partial charge in [-0.3, -0.25) is 4.79 Å². The van der Waals surface area contributed by atoms with Gasteiger partial charge in [-0.1, -0.05) is 12.1 Å². The topological polar surface area (TPSA) is 95.5 Å². The largest absolute Gasteiger partial charge is 0.508 e. The quantitative estimate of drug-likeness (QED) is 0.752. The van der Waals surface area contributed by atoms with Crippen molar-refractivity contribution in [3.8, 4) is 5.75 Å². The summed E-state index contributed by atoms with van der Waals surface area (Å²) in [5, 5.41) is 9.25. The summed E-state index contributed by atoms with van der Waals surface area (Å²) in [6.45, 7) is 1.56. The molecule has 0 spiro atoms. The third kappa shape index (κ3) is 6.76. The van der Waals surface area contributed by atoms with Crippen LogP contribution < -0.4 is 9.44 Å². The van der Waals surface area contributed by atoms with E-state index in [0.717, 1.165) is 0 Å². The molecule has 1 aromatic rings. The molecule has 1 aliphatic rings. The molecule has 1 amide bonds. The van der Waals surface area contributed by atoms with Gasteiger partial charge in [-0.25, -0.2) is 4.72 Å². The maximum Gasteiger partial charge on any atom is 0.389 e. The summed E-state index contributed by atoms with van der Waals surface area (Å²) in [7, 11) is -3.45. The summed E-state index contributed by atoms with van der Waals surface area (Å²) in [5.41, 5.74) is 1.17. The summed E-state index contributed by atoms with van der Waals surface area (Å²) in [4.78, 5) is 10.1. The lowest BCUT2D eigenvalue weighted by molar-refractivity contribution is -0.134. The minimum atomic E-state index is -4.14. The fraction of sp³-hybridized carbons (Fsp3) is 0.417. The van der Waals surface area contributed by atoms with Crippen molar-refractivity contribution < 1.29 is 31.5 Å². The number of nitrogens with one attached hydrogen (secondary N) is 2. The van der Waals surface area contributed by atoms with Crippen LogP contribution in [0.5, 0.6) is 5.75 Å². The number of carbonyl (C=O) groups is 1. The van der Waals surface area contributed by atoms with Gasteiger partial charge in [0.05, 0.1) is 6.54 Å². The first-order chi connectivity index (χ1) is 9.98. The Labute approximate surface area is 125 Å². The van der Waals surface area contributed by atoms with Gasteiger partial charge < -0.3 is 5.11 Å². The number of carbonyl (C=O) groups excluding carboxylic acids is 1. The third-order valence-corrected chi connectivity index (χ3v) is 3.66. The molecule has 3 N–H and O–H groups in total. The summed E-state index contributed by atoms with van der Waals surface area (Å²) < 4.78 is 59.6. The Morgan fingerprint density at radius 1 is 1.32 bits per heavy atom. The van der Waals surface area contributed by atoms with E-state index in [1.165, 1.54) is 6.07 Å². The van der Waals surface area contributed by atoms with Crippen molar-refractivity contribution in [2.24, 2.45) is 0 Å². The number of amides is 1. The van der Waals surface area contributed by atoms with Crippen molar-refractivity contribution in [2.45, 2.75) is 25.9 Å². The minimum Gasteiger partial charge on any atom is -0.508 e. The molecule has 124 valence electrons. The Morgan fingerprint density at radius 2 is 1.95 bits per heavy atom. The molecule has 0 bridgehead atoms. The Hall–Kier alpha value is -1.81. The van der Waals surface area contributed by atoms with E-state index >= 15 is 0 Å². The predicted octanol–water partition coefficient (Wildman–Crippen LogP) is 1.15. The molecule has 1 heterocycles. The molecule has 0 saturated carbocycles. The van der Waals surface area contributed by atoms with Gasteiger partial charge >= 0.3 is 16.4 Å². The number of alkyl halides is 3. The van der Waals surface area contributed by atoms with E-state index in [-0.39, 0.29) is 18.7 Å². The number of aromatic hydroxyl groups is 1. The molecule has 0 aromatic heterocycles. The number of benzene rings is 1. The van der Waals surface area contributed by atoms with Gasteiger partial charge in [0.25, 0.3) is 0 Å². The zero-order chi connectivity index (χ0) is 17.0. The van der Waals surface area contributed by atoms with Crippen molar-refractivity contribution >= 4 is 16.1 Å². The minimum absolute atomic E-state index is 0.0460. The van der Waals surface area contributed by atoms with E-state index in [2.05, 4.69) is 0 Å². The highest BCUT2D eigenvalue weighted by Gasteiger charge is 2.26. The first-order valence-corrected chi connectivity index (χ1v) is 7.62. The normalized spacial score (nSPS) is 16.6. The summed E-state index contributed by atoms with van der Waals surface area (Å²) in [5.74, 6) is -0.463. The van der Waals surface area contributed by atoms with Crippen molar-refractivity contribution in [3.05, 3.63) is 29.3 Å². The maximum absolute atomic E-state index is 11.9. The maximum atomic E-state index is 11.9. The van der Waals surface area contributed by atoms with E-state index < -0.39 is 28.7 Å². The number of halogens is 3. The molecule has 2 rings (SSSR count). The average Bonchev–Trinajstić information content (AvgIpc) is 2.68. The lowest BCUT2D eigenvalue weighted by atomic mass is 10.1. The molecule has 1 fully saturated rings. The van der Waals surface area contributed by atoms with Crippen LogP contribution in [0.1, 0.15) is 17.5 Å². The Kier molecular flexibility index (Phi) is 5.78. The Bertz CT molecular complexity index is 644. The van der Waals surface area contributed by atoms with Crippen LogP contribution in [0.4, 0.5) is 13.2 Å². The number of phenolic OH excluding ortho intramolecular Hbond substituents is 1. The van der Waals surface area contributed by atoms with Crippen LogP contribution in [0.3, 0.4) is 0 Å². The SMILES string of the molecule is Cc1ccc(CCC(F)(F)F)cc1O.O=C1CNS(=O)(=O)N1. The molecule has 1 aliphatic heterocycles. The highest BCUT2D eigenvalue weighted by molar-refractivity contribution is 7.88. The van der Waals surface area contributed by atoms with Crippen molar-refractivity contribution in [3.63, 3.8) is 0 Å².